The fraction of sp³-hybridized carbons (Fsp3) is 0.438. The predicted octanol–water partition coefficient (Wildman–Crippen LogP) is 2.31. The van der Waals surface area contributed by atoms with Crippen molar-refractivity contribution in [3.05, 3.63) is 35.4 Å². The summed E-state index contributed by atoms with van der Waals surface area (Å²) in [4.78, 5) is 11.9. The Bertz CT molecular complexity index is 457. The molecule has 1 amide bonds. The predicted molar refractivity (Wildman–Crippen MR) is 78.8 cm³/mol. The van der Waals surface area contributed by atoms with Gasteiger partial charge in [0, 0.05) is 17.7 Å². The Morgan fingerprint density at radius 2 is 2.16 bits per heavy atom. The SMILES string of the molecule is CCCCCCNC(=O)c1cccc(C#CCN)c1. The monoisotopic (exact) mass is 258 g/mol. The molecule has 3 nitrogen and oxygen atoms in total. The van der Waals surface area contributed by atoms with Crippen LogP contribution < -0.4 is 11.1 Å². The molecule has 0 aliphatic carbocycles. The first kappa shape index (κ1) is 15.3. The van der Waals surface area contributed by atoms with E-state index in [2.05, 4.69) is 24.1 Å². The minimum atomic E-state index is -0.0344. The summed E-state index contributed by atoms with van der Waals surface area (Å²) in [6, 6.07) is 7.31. The smallest absolute Gasteiger partial charge is 0.251 e. The first-order valence-corrected chi connectivity index (χ1v) is 6.85. The average Bonchev–Trinajstić information content (AvgIpc) is 2.45. The molecule has 0 aromatic heterocycles. The van der Waals surface area contributed by atoms with Gasteiger partial charge in [-0.05, 0) is 24.6 Å². The number of carbonyl (C=O) groups excluding carboxylic acids is 1. The molecule has 19 heavy (non-hydrogen) atoms. The van der Waals surface area contributed by atoms with Gasteiger partial charge in [0.25, 0.3) is 5.91 Å². The molecule has 0 aliphatic rings. The molecule has 0 atom stereocenters. The van der Waals surface area contributed by atoms with Gasteiger partial charge in [0.1, 0.15) is 0 Å². The van der Waals surface area contributed by atoms with E-state index in [0.717, 1.165) is 18.5 Å². The third-order valence-electron chi connectivity index (χ3n) is 2.78. The second-order valence-corrected chi connectivity index (χ2v) is 4.40. The van der Waals surface area contributed by atoms with Gasteiger partial charge >= 0.3 is 0 Å². The molecule has 3 N–H and O–H groups in total. The summed E-state index contributed by atoms with van der Waals surface area (Å²) in [7, 11) is 0. The zero-order valence-electron chi connectivity index (χ0n) is 11.5. The van der Waals surface area contributed by atoms with Crippen LogP contribution in [0.2, 0.25) is 0 Å². The van der Waals surface area contributed by atoms with E-state index in [4.69, 9.17) is 5.73 Å². The molecule has 0 fully saturated rings. The van der Waals surface area contributed by atoms with Crippen molar-refractivity contribution >= 4 is 5.91 Å². The van der Waals surface area contributed by atoms with E-state index in [1.54, 1.807) is 12.1 Å². The van der Waals surface area contributed by atoms with Crippen LogP contribution in [0, 0.1) is 11.8 Å². The Hall–Kier alpha value is -1.79. The van der Waals surface area contributed by atoms with Crippen LogP contribution in [0.4, 0.5) is 0 Å². The maximum atomic E-state index is 11.9. The van der Waals surface area contributed by atoms with Crippen LogP contribution in [0.5, 0.6) is 0 Å². The molecule has 0 aliphatic heterocycles. The van der Waals surface area contributed by atoms with E-state index in [9.17, 15) is 4.79 Å². The van der Waals surface area contributed by atoms with Crippen molar-refractivity contribution in [2.24, 2.45) is 5.73 Å². The van der Waals surface area contributed by atoms with E-state index in [-0.39, 0.29) is 5.91 Å². The molecule has 0 bridgehead atoms. The second kappa shape index (κ2) is 9.18. The molecule has 0 radical (unpaired) electrons. The number of rotatable bonds is 6. The van der Waals surface area contributed by atoms with Gasteiger partial charge in [-0.15, -0.1) is 0 Å². The normalized spacial score (nSPS) is 9.58. The minimum Gasteiger partial charge on any atom is -0.352 e. The van der Waals surface area contributed by atoms with Crippen molar-refractivity contribution in [2.75, 3.05) is 13.1 Å². The Kier molecular flexibility index (Phi) is 7.38. The molecule has 1 aromatic carbocycles. The molecule has 102 valence electrons. The summed E-state index contributed by atoms with van der Waals surface area (Å²) in [5.74, 6) is 5.68. The molecule has 1 rings (SSSR count). The first-order valence-electron chi connectivity index (χ1n) is 6.85. The molecule has 3 heteroatoms. The molecule has 0 unspecified atom stereocenters. The van der Waals surface area contributed by atoms with Gasteiger partial charge in [-0.1, -0.05) is 44.1 Å². The van der Waals surface area contributed by atoms with Gasteiger partial charge in [-0.3, -0.25) is 4.79 Å². The van der Waals surface area contributed by atoms with Crippen LogP contribution >= 0.6 is 0 Å². The third-order valence-corrected chi connectivity index (χ3v) is 2.78. The lowest BCUT2D eigenvalue weighted by molar-refractivity contribution is 0.0953. The first-order chi connectivity index (χ1) is 9.27. The van der Waals surface area contributed by atoms with Crippen molar-refractivity contribution in [3.63, 3.8) is 0 Å². The maximum Gasteiger partial charge on any atom is 0.251 e. The fourth-order valence-electron chi connectivity index (χ4n) is 1.75. The molecular weight excluding hydrogens is 236 g/mol. The van der Waals surface area contributed by atoms with Gasteiger partial charge in [0.15, 0.2) is 0 Å². The summed E-state index contributed by atoms with van der Waals surface area (Å²) < 4.78 is 0. The highest BCUT2D eigenvalue weighted by atomic mass is 16.1. The molecule has 1 aromatic rings. The Morgan fingerprint density at radius 3 is 2.89 bits per heavy atom. The van der Waals surface area contributed by atoms with Gasteiger partial charge in [-0.2, -0.15) is 0 Å². The lowest BCUT2D eigenvalue weighted by atomic mass is 10.1. The molecular formula is C16H22N2O. The third kappa shape index (κ3) is 6.08. The van der Waals surface area contributed by atoms with E-state index >= 15 is 0 Å². The van der Waals surface area contributed by atoms with E-state index < -0.39 is 0 Å². The highest BCUT2D eigenvalue weighted by molar-refractivity contribution is 5.94. The summed E-state index contributed by atoms with van der Waals surface area (Å²) in [5.41, 5.74) is 6.80. The number of hydrogen-bond donors (Lipinski definition) is 2. The lowest BCUT2D eigenvalue weighted by Gasteiger charge is -2.05. The highest BCUT2D eigenvalue weighted by Crippen LogP contribution is 2.04. The number of hydrogen-bond acceptors (Lipinski definition) is 2. The average molecular weight is 258 g/mol. The zero-order valence-corrected chi connectivity index (χ0v) is 11.5. The summed E-state index contributed by atoms with van der Waals surface area (Å²) in [6.07, 6.45) is 4.63. The summed E-state index contributed by atoms with van der Waals surface area (Å²) in [5, 5.41) is 2.93. The van der Waals surface area contributed by atoms with Crippen LogP contribution in [0.3, 0.4) is 0 Å². The van der Waals surface area contributed by atoms with Gasteiger partial charge in [-0.25, -0.2) is 0 Å². The summed E-state index contributed by atoms with van der Waals surface area (Å²) in [6.45, 7) is 3.23. The van der Waals surface area contributed by atoms with Crippen LogP contribution in [-0.4, -0.2) is 19.0 Å². The second-order valence-electron chi connectivity index (χ2n) is 4.40. The molecule has 0 saturated carbocycles. The molecule has 0 saturated heterocycles. The number of nitrogens with one attached hydrogen (secondary N) is 1. The highest BCUT2D eigenvalue weighted by Gasteiger charge is 2.04. The fourth-order valence-corrected chi connectivity index (χ4v) is 1.75. The molecule has 0 spiro atoms. The number of benzene rings is 1. The Morgan fingerprint density at radius 1 is 1.32 bits per heavy atom. The van der Waals surface area contributed by atoms with Crippen molar-refractivity contribution in [2.45, 2.75) is 32.6 Å². The minimum absolute atomic E-state index is 0.0344. The number of unbranched alkanes of at least 4 members (excludes halogenated alkanes) is 3. The van der Waals surface area contributed by atoms with Crippen molar-refractivity contribution in [1.82, 2.24) is 5.32 Å². The lowest BCUT2D eigenvalue weighted by Crippen LogP contribution is -2.24. The van der Waals surface area contributed by atoms with Crippen LogP contribution in [-0.2, 0) is 0 Å². The van der Waals surface area contributed by atoms with Crippen LogP contribution in [0.15, 0.2) is 24.3 Å². The van der Waals surface area contributed by atoms with E-state index in [0.29, 0.717) is 12.1 Å². The van der Waals surface area contributed by atoms with Crippen LogP contribution in [0.25, 0.3) is 0 Å². The maximum absolute atomic E-state index is 11.9. The van der Waals surface area contributed by atoms with Gasteiger partial charge < -0.3 is 11.1 Å². The molecule has 0 heterocycles. The topological polar surface area (TPSA) is 55.1 Å². The van der Waals surface area contributed by atoms with Crippen LogP contribution in [0.1, 0.15) is 48.5 Å². The van der Waals surface area contributed by atoms with E-state index in [1.165, 1.54) is 19.3 Å². The quantitative estimate of drug-likeness (QED) is 0.607. The van der Waals surface area contributed by atoms with E-state index in [1.807, 2.05) is 12.1 Å². The number of amides is 1. The Labute approximate surface area is 115 Å². The Balaban J connectivity index is 2.48. The van der Waals surface area contributed by atoms with Gasteiger partial charge in [0.2, 0.25) is 0 Å². The van der Waals surface area contributed by atoms with Gasteiger partial charge in [0.05, 0.1) is 6.54 Å². The van der Waals surface area contributed by atoms with Crippen molar-refractivity contribution < 1.29 is 4.79 Å². The number of nitrogens with two attached hydrogens (primary N) is 1. The van der Waals surface area contributed by atoms with Crippen molar-refractivity contribution in [3.8, 4) is 11.8 Å². The zero-order chi connectivity index (χ0) is 13.9. The van der Waals surface area contributed by atoms with Crippen molar-refractivity contribution in [1.29, 1.82) is 0 Å². The summed E-state index contributed by atoms with van der Waals surface area (Å²) >= 11 is 0. The largest absolute Gasteiger partial charge is 0.352 e. The standard InChI is InChI=1S/C16H22N2O/c1-2-3-4-5-12-18-16(19)15-10-6-8-14(13-15)9-7-11-17/h6,8,10,13H,2-5,11-12,17H2,1H3,(H,18,19). The number of carbonyl (C=O) groups is 1.